The van der Waals surface area contributed by atoms with Gasteiger partial charge in [0.15, 0.2) is 16.5 Å². The number of hydrogen-bond donors (Lipinski definition) is 1. The summed E-state index contributed by atoms with van der Waals surface area (Å²) in [6.07, 6.45) is 0. The molecule has 1 heterocycles. The minimum absolute atomic E-state index is 0.261. The van der Waals surface area contributed by atoms with Gasteiger partial charge in [0.1, 0.15) is 0 Å². The molecule has 2 amide bonds. The number of rotatable bonds is 1. The summed E-state index contributed by atoms with van der Waals surface area (Å²) in [5.74, 6) is -3.38. The van der Waals surface area contributed by atoms with Crippen LogP contribution in [0.3, 0.4) is 0 Å². The first-order valence-corrected chi connectivity index (χ1v) is 4.53. The Hall–Kier alpha value is -2.22. The predicted octanol–water partition coefficient (Wildman–Crippen LogP) is 1.10. The minimum Gasteiger partial charge on any atom is -0.315 e. The number of anilines is 1. The van der Waals surface area contributed by atoms with Crippen molar-refractivity contribution in [2.45, 2.75) is 0 Å². The predicted molar refractivity (Wildman–Crippen MR) is 53.5 cm³/mol. The van der Waals surface area contributed by atoms with Crippen LogP contribution in [0.1, 0.15) is 0 Å². The van der Waals surface area contributed by atoms with E-state index in [0.29, 0.717) is 0 Å². The number of benzene rings is 1. The number of hydrogen-bond acceptors (Lipinski definition) is 4. The molecule has 0 saturated heterocycles. The summed E-state index contributed by atoms with van der Waals surface area (Å²) in [6, 6.07) is 0.762. The van der Waals surface area contributed by atoms with Crippen LogP contribution in [0.4, 0.5) is 21.5 Å². The highest BCUT2D eigenvalue weighted by Gasteiger charge is 2.34. The maximum absolute atomic E-state index is 13.2. The summed E-state index contributed by atoms with van der Waals surface area (Å²) in [5.41, 5.74) is -1.57. The molecule has 1 aromatic rings. The van der Waals surface area contributed by atoms with Crippen LogP contribution in [-0.4, -0.2) is 16.7 Å². The number of nitro groups is 1. The summed E-state index contributed by atoms with van der Waals surface area (Å²) in [5, 5.41) is 15.1. The normalized spacial score (nSPS) is 13.8. The SMILES string of the molecule is O=C1[N]c2c(cc(F)c(Cl)c2[N+](=O)[O-])NC1=O. The Bertz CT molecular complexity index is 574. The summed E-state index contributed by atoms with van der Waals surface area (Å²) in [6.45, 7) is 0. The Kier molecular flexibility index (Phi) is 2.43. The molecule has 1 radical (unpaired) electrons. The molecule has 1 aromatic carbocycles. The van der Waals surface area contributed by atoms with Gasteiger partial charge in [0.2, 0.25) is 0 Å². The number of amides is 2. The van der Waals surface area contributed by atoms with Crippen molar-refractivity contribution in [3.63, 3.8) is 0 Å². The Balaban J connectivity index is 2.72. The minimum atomic E-state index is -1.21. The number of halogens is 2. The Labute approximate surface area is 97.7 Å². The fourth-order valence-electron chi connectivity index (χ4n) is 1.31. The molecule has 0 aliphatic carbocycles. The Morgan fingerprint density at radius 2 is 2.12 bits per heavy atom. The van der Waals surface area contributed by atoms with E-state index < -0.39 is 39.0 Å². The van der Waals surface area contributed by atoms with E-state index in [0.717, 1.165) is 6.07 Å². The van der Waals surface area contributed by atoms with Gasteiger partial charge in [-0.25, -0.2) is 4.39 Å². The number of fused-ring (bicyclic) bond motifs is 1. The highest BCUT2D eigenvalue weighted by Crippen LogP contribution is 2.41. The summed E-state index contributed by atoms with van der Waals surface area (Å²) >= 11 is 5.41. The molecule has 0 spiro atoms. The fraction of sp³-hybridized carbons (Fsp3) is 0. The van der Waals surface area contributed by atoms with Crippen LogP contribution < -0.4 is 10.6 Å². The van der Waals surface area contributed by atoms with Gasteiger partial charge in [-0.15, -0.1) is 0 Å². The van der Waals surface area contributed by atoms with Crippen molar-refractivity contribution in [2.24, 2.45) is 0 Å². The molecule has 1 aliphatic heterocycles. The average molecular weight is 259 g/mol. The second-order valence-electron chi connectivity index (χ2n) is 3.05. The number of nitrogens with one attached hydrogen (secondary N) is 1. The van der Waals surface area contributed by atoms with Crippen molar-refractivity contribution in [3.05, 3.63) is 27.0 Å². The molecular weight excluding hydrogens is 257 g/mol. The third-order valence-electron chi connectivity index (χ3n) is 2.01. The lowest BCUT2D eigenvalue weighted by Crippen LogP contribution is -2.33. The van der Waals surface area contributed by atoms with E-state index in [-0.39, 0.29) is 5.69 Å². The van der Waals surface area contributed by atoms with Gasteiger partial charge in [-0.1, -0.05) is 11.6 Å². The molecule has 0 bridgehead atoms. The van der Waals surface area contributed by atoms with Crippen molar-refractivity contribution in [2.75, 3.05) is 5.32 Å². The van der Waals surface area contributed by atoms with Gasteiger partial charge in [0, 0.05) is 6.07 Å². The lowest BCUT2D eigenvalue weighted by atomic mass is 10.2. The molecule has 2 rings (SSSR count). The lowest BCUT2D eigenvalue weighted by Gasteiger charge is -2.15. The van der Waals surface area contributed by atoms with Gasteiger partial charge in [-0.2, -0.15) is 5.32 Å². The monoisotopic (exact) mass is 258 g/mol. The van der Waals surface area contributed by atoms with E-state index in [9.17, 15) is 24.1 Å². The zero-order chi connectivity index (χ0) is 12.7. The maximum atomic E-state index is 13.2. The van der Waals surface area contributed by atoms with Crippen molar-refractivity contribution >= 4 is 40.5 Å². The van der Waals surface area contributed by atoms with Crippen molar-refractivity contribution < 1.29 is 18.9 Å². The van der Waals surface area contributed by atoms with E-state index >= 15 is 0 Å². The van der Waals surface area contributed by atoms with E-state index in [2.05, 4.69) is 5.32 Å². The van der Waals surface area contributed by atoms with Crippen LogP contribution in [0.2, 0.25) is 5.02 Å². The number of carbonyl (C=O) groups is 2. The first-order valence-electron chi connectivity index (χ1n) is 4.15. The molecule has 0 unspecified atom stereocenters. The van der Waals surface area contributed by atoms with Crippen molar-refractivity contribution in [1.82, 2.24) is 5.32 Å². The van der Waals surface area contributed by atoms with Crippen LogP contribution >= 0.6 is 11.6 Å². The summed E-state index contributed by atoms with van der Waals surface area (Å²) in [4.78, 5) is 31.7. The molecule has 17 heavy (non-hydrogen) atoms. The summed E-state index contributed by atoms with van der Waals surface area (Å²) < 4.78 is 13.2. The number of carbonyl (C=O) groups excluding carboxylic acids is 2. The van der Waals surface area contributed by atoms with Crippen LogP contribution in [0.25, 0.3) is 0 Å². The first-order chi connectivity index (χ1) is 7.91. The van der Waals surface area contributed by atoms with Crippen LogP contribution in [-0.2, 0) is 9.59 Å². The molecule has 9 heteroatoms. The molecule has 0 fully saturated rings. The molecule has 87 valence electrons. The van der Waals surface area contributed by atoms with Gasteiger partial charge >= 0.3 is 17.5 Å². The second-order valence-corrected chi connectivity index (χ2v) is 3.42. The number of nitro benzene ring substituents is 1. The smallest absolute Gasteiger partial charge is 0.315 e. The van der Waals surface area contributed by atoms with E-state index in [1.54, 1.807) is 0 Å². The van der Waals surface area contributed by atoms with Gasteiger partial charge in [-0.3, -0.25) is 19.7 Å². The molecular formula is C8H2ClFN3O4. The van der Waals surface area contributed by atoms with Gasteiger partial charge in [0.25, 0.3) is 0 Å². The molecule has 1 aliphatic rings. The van der Waals surface area contributed by atoms with E-state index in [4.69, 9.17) is 11.6 Å². The third-order valence-corrected chi connectivity index (χ3v) is 2.37. The quantitative estimate of drug-likeness (QED) is 0.463. The van der Waals surface area contributed by atoms with Gasteiger partial charge in [-0.05, 0) is 0 Å². The third kappa shape index (κ3) is 1.68. The van der Waals surface area contributed by atoms with Crippen LogP contribution in [0, 0.1) is 15.9 Å². The zero-order valence-electron chi connectivity index (χ0n) is 7.86. The fourth-order valence-corrected chi connectivity index (χ4v) is 1.52. The Morgan fingerprint density at radius 3 is 2.71 bits per heavy atom. The van der Waals surface area contributed by atoms with Gasteiger partial charge < -0.3 is 5.32 Å². The maximum Gasteiger partial charge on any atom is 0.336 e. The van der Waals surface area contributed by atoms with Crippen molar-refractivity contribution in [1.29, 1.82) is 0 Å². The molecule has 1 N–H and O–H groups in total. The standard InChI is InChI=1S/C8H2ClFN3O4/c9-4-2(10)1-3-5(6(4)13(16)17)12-8(15)7(14)11-3/h1H,(H,11,14). The van der Waals surface area contributed by atoms with Crippen molar-refractivity contribution in [3.8, 4) is 0 Å². The Morgan fingerprint density at radius 1 is 1.47 bits per heavy atom. The largest absolute Gasteiger partial charge is 0.336 e. The highest BCUT2D eigenvalue weighted by atomic mass is 35.5. The zero-order valence-corrected chi connectivity index (χ0v) is 8.62. The second kappa shape index (κ2) is 3.67. The summed E-state index contributed by atoms with van der Waals surface area (Å²) in [7, 11) is 0. The molecule has 0 saturated carbocycles. The topological polar surface area (TPSA) is 103 Å². The molecule has 7 nitrogen and oxygen atoms in total. The highest BCUT2D eigenvalue weighted by molar-refractivity contribution is 6.43. The van der Waals surface area contributed by atoms with Gasteiger partial charge in [0.05, 0.1) is 10.6 Å². The van der Waals surface area contributed by atoms with E-state index in [1.807, 2.05) is 5.32 Å². The average Bonchev–Trinajstić information content (AvgIpc) is 2.23. The molecule has 0 atom stereocenters. The first kappa shape index (κ1) is 11.3. The van der Waals surface area contributed by atoms with Crippen LogP contribution in [0.15, 0.2) is 6.07 Å². The molecule has 0 aromatic heterocycles. The lowest BCUT2D eigenvalue weighted by molar-refractivity contribution is -0.384. The number of nitrogens with zero attached hydrogens (tertiary/aromatic N) is 2. The van der Waals surface area contributed by atoms with E-state index in [1.165, 1.54) is 0 Å². The van der Waals surface area contributed by atoms with Crippen LogP contribution in [0.5, 0.6) is 0 Å².